The second-order valence-corrected chi connectivity index (χ2v) is 7.08. The molecule has 30 heavy (non-hydrogen) atoms. The molecular weight excluding hydrogens is 384 g/mol. The first-order valence-corrected chi connectivity index (χ1v) is 9.54. The van der Waals surface area contributed by atoms with Crippen LogP contribution in [-0.2, 0) is 14.3 Å². The number of fused-ring (bicyclic) bond motifs is 1. The van der Waals surface area contributed by atoms with Gasteiger partial charge in [-0.3, -0.25) is 9.36 Å². The number of benzene rings is 2. The first-order valence-electron chi connectivity index (χ1n) is 9.54. The third-order valence-corrected chi connectivity index (χ3v) is 5.05. The summed E-state index contributed by atoms with van der Waals surface area (Å²) in [5.74, 6) is -0.925. The SMILES string of the molecule is COC(=O)C1=C(Nc2ccc3c(c2)ncn3-c2cccc(C)c2)C(=O)N(CCO)C1. The predicted molar refractivity (Wildman–Crippen MR) is 112 cm³/mol. The van der Waals surface area contributed by atoms with Crippen LogP contribution in [0.5, 0.6) is 0 Å². The predicted octanol–water partition coefficient (Wildman–Crippen LogP) is 2.01. The Morgan fingerprint density at radius 1 is 1.27 bits per heavy atom. The Kier molecular flexibility index (Phi) is 5.24. The zero-order valence-electron chi connectivity index (χ0n) is 16.8. The van der Waals surface area contributed by atoms with Gasteiger partial charge in [-0.2, -0.15) is 0 Å². The summed E-state index contributed by atoms with van der Waals surface area (Å²) in [6.45, 7) is 2.09. The van der Waals surface area contributed by atoms with Crippen LogP contribution in [0.25, 0.3) is 16.7 Å². The number of amides is 1. The molecule has 0 unspecified atom stereocenters. The van der Waals surface area contributed by atoms with Crippen molar-refractivity contribution in [2.24, 2.45) is 0 Å². The van der Waals surface area contributed by atoms with Crippen LogP contribution >= 0.6 is 0 Å². The maximum absolute atomic E-state index is 12.7. The fourth-order valence-electron chi connectivity index (χ4n) is 3.57. The molecule has 2 N–H and O–H groups in total. The molecule has 0 fully saturated rings. The van der Waals surface area contributed by atoms with Gasteiger partial charge in [-0.05, 0) is 42.8 Å². The first kappa shape index (κ1) is 19.7. The lowest BCUT2D eigenvalue weighted by Crippen LogP contribution is -2.31. The van der Waals surface area contributed by atoms with Gasteiger partial charge in [0.1, 0.15) is 12.0 Å². The molecule has 0 saturated heterocycles. The quantitative estimate of drug-likeness (QED) is 0.608. The highest BCUT2D eigenvalue weighted by atomic mass is 16.5. The summed E-state index contributed by atoms with van der Waals surface area (Å²) in [6.07, 6.45) is 1.76. The number of imidazole rings is 1. The van der Waals surface area contributed by atoms with E-state index in [1.807, 2.05) is 47.9 Å². The highest BCUT2D eigenvalue weighted by Crippen LogP contribution is 2.26. The van der Waals surface area contributed by atoms with Crippen LogP contribution in [0.1, 0.15) is 5.56 Å². The molecule has 1 aliphatic heterocycles. The lowest BCUT2D eigenvalue weighted by molar-refractivity contribution is -0.136. The molecule has 4 rings (SSSR count). The number of aliphatic hydroxyl groups is 1. The fraction of sp³-hybridized carbons (Fsp3) is 0.227. The molecule has 0 spiro atoms. The largest absolute Gasteiger partial charge is 0.466 e. The highest BCUT2D eigenvalue weighted by Gasteiger charge is 2.34. The Bertz CT molecular complexity index is 1160. The lowest BCUT2D eigenvalue weighted by atomic mass is 10.2. The van der Waals surface area contributed by atoms with E-state index in [0.717, 1.165) is 22.3 Å². The van der Waals surface area contributed by atoms with Crippen LogP contribution in [0, 0.1) is 6.92 Å². The van der Waals surface area contributed by atoms with Crippen molar-refractivity contribution in [3.8, 4) is 5.69 Å². The van der Waals surface area contributed by atoms with Gasteiger partial charge in [0.2, 0.25) is 0 Å². The van der Waals surface area contributed by atoms with E-state index in [9.17, 15) is 14.7 Å². The molecular formula is C22H22N4O4. The van der Waals surface area contributed by atoms with E-state index < -0.39 is 5.97 Å². The minimum atomic E-state index is -0.573. The van der Waals surface area contributed by atoms with Gasteiger partial charge < -0.3 is 20.1 Å². The molecule has 0 saturated carbocycles. The number of methoxy groups -OCH3 is 1. The summed E-state index contributed by atoms with van der Waals surface area (Å²) in [5.41, 5.74) is 4.87. The molecule has 3 aromatic rings. The van der Waals surface area contributed by atoms with Gasteiger partial charge >= 0.3 is 5.97 Å². The number of carbonyl (C=O) groups is 2. The summed E-state index contributed by atoms with van der Waals surface area (Å²) in [7, 11) is 1.27. The molecule has 2 heterocycles. The van der Waals surface area contributed by atoms with Crippen LogP contribution in [-0.4, -0.2) is 58.2 Å². The van der Waals surface area contributed by atoms with Gasteiger partial charge in [0.05, 0.1) is 36.9 Å². The van der Waals surface area contributed by atoms with Gasteiger partial charge in [-0.25, -0.2) is 9.78 Å². The van der Waals surface area contributed by atoms with E-state index in [2.05, 4.69) is 16.4 Å². The molecule has 2 aromatic carbocycles. The third kappa shape index (κ3) is 3.53. The van der Waals surface area contributed by atoms with Crippen molar-refractivity contribution in [1.82, 2.24) is 14.5 Å². The zero-order valence-corrected chi connectivity index (χ0v) is 16.8. The standard InChI is InChI=1S/C22H22N4O4/c1-14-4-3-5-16(10-14)26-13-23-18-11-15(6-7-19(18)26)24-20-17(22(29)30-2)12-25(8-9-27)21(20)28/h3-7,10-11,13,24,27H,8-9,12H2,1-2H3. The Morgan fingerprint density at radius 3 is 2.83 bits per heavy atom. The maximum atomic E-state index is 12.7. The van der Waals surface area contributed by atoms with Crippen molar-refractivity contribution in [3.05, 3.63) is 65.6 Å². The number of ether oxygens (including phenoxy) is 1. The average Bonchev–Trinajstić information content (AvgIpc) is 3.30. The lowest BCUT2D eigenvalue weighted by Gasteiger charge is -2.15. The number of anilines is 1. The number of β-amino-alcohol motifs (C(OH)–C–C–N with tert-alkyl or cyclic N) is 1. The molecule has 0 atom stereocenters. The molecule has 1 amide bonds. The van der Waals surface area contributed by atoms with Gasteiger partial charge in [-0.1, -0.05) is 12.1 Å². The number of rotatable bonds is 6. The minimum Gasteiger partial charge on any atom is -0.466 e. The molecule has 0 bridgehead atoms. The molecule has 8 nitrogen and oxygen atoms in total. The van der Waals surface area contributed by atoms with Gasteiger partial charge in [-0.15, -0.1) is 0 Å². The Morgan fingerprint density at radius 2 is 2.10 bits per heavy atom. The van der Waals surface area contributed by atoms with E-state index in [0.29, 0.717) is 5.69 Å². The number of aromatic nitrogens is 2. The highest BCUT2D eigenvalue weighted by molar-refractivity contribution is 6.08. The maximum Gasteiger partial charge on any atom is 0.337 e. The average molecular weight is 406 g/mol. The van der Waals surface area contributed by atoms with Crippen molar-refractivity contribution in [2.45, 2.75) is 6.92 Å². The molecule has 0 radical (unpaired) electrons. The smallest absolute Gasteiger partial charge is 0.337 e. The number of nitrogens with zero attached hydrogens (tertiary/aromatic N) is 3. The first-order chi connectivity index (χ1) is 14.5. The van der Waals surface area contributed by atoms with Crippen molar-refractivity contribution < 1.29 is 19.4 Å². The number of carbonyl (C=O) groups excluding carboxylic acids is 2. The molecule has 0 aliphatic carbocycles. The molecule has 8 heteroatoms. The summed E-state index contributed by atoms with van der Waals surface area (Å²) in [6, 6.07) is 13.7. The van der Waals surface area contributed by atoms with Crippen molar-refractivity contribution in [1.29, 1.82) is 0 Å². The van der Waals surface area contributed by atoms with Gasteiger partial charge in [0, 0.05) is 17.9 Å². The number of hydrogen-bond donors (Lipinski definition) is 2. The number of hydrogen-bond acceptors (Lipinski definition) is 6. The van der Waals surface area contributed by atoms with Crippen LogP contribution in [0.4, 0.5) is 5.69 Å². The number of nitrogens with one attached hydrogen (secondary N) is 1. The number of aliphatic hydroxyl groups excluding tert-OH is 1. The molecule has 1 aliphatic rings. The summed E-state index contributed by atoms with van der Waals surface area (Å²) >= 11 is 0. The zero-order chi connectivity index (χ0) is 21.3. The monoisotopic (exact) mass is 406 g/mol. The van der Waals surface area contributed by atoms with Crippen LogP contribution < -0.4 is 5.32 Å². The summed E-state index contributed by atoms with van der Waals surface area (Å²) in [4.78, 5) is 30.7. The number of esters is 1. The van der Waals surface area contributed by atoms with Crippen molar-refractivity contribution in [3.63, 3.8) is 0 Å². The second-order valence-electron chi connectivity index (χ2n) is 7.08. The fourth-order valence-corrected chi connectivity index (χ4v) is 3.57. The van der Waals surface area contributed by atoms with Crippen LogP contribution in [0.3, 0.4) is 0 Å². The van der Waals surface area contributed by atoms with E-state index in [4.69, 9.17) is 4.74 Å². The minimum absolute atomic E-state index is 0.0959. The number of aryl methyl sites for hydroxylation is 1. The second kappa shape index (κ2) is 8.00. The normalized spacial score (nSPS) is 14.0. The molecule has 1 aromatic heterocycles. The Balaban J connectivity index is 1.66. The van der Waals surface area contributed by atoms with Crippen molar-refractivity contribution in [2.75, 3.05) is 32.1 Å². The Hall–Kier alpha value is -3.65. The summed E-state index contributed by atoms with van der Waals surface area (Å²) in [5, 5.41) is 12.2. The van der Waals surface area contributed by atoms with Crippen LogP contribution in [0.15, 0.2) is 60.1 Å². The van der Waals surface area contributed by atoms with Crippen molar-refractivity contribution >= 4 is 28.6 Å². The van der Waals surface area contributed by atoms with E-state index in [-0.39, 0.29) is 36.9 Å². The Labute approximate surface area is 173 Å². The van der Waals surface area contributed by atoms with Gasteiger partial charge in [0.15, 0.2) is 0 Å². The van der Waals surface area contributed by atoms with E-state index in [1.165, 1.54) is 12.0 Å². The van der Waals surface area contributed by atoms with E-state index >= 15 is 0 Å². The topological polar surface area (TPSA) is 96.7 Å². The van der Waals surface area contributed by atoms with Gasteiger partial charge in [0.25, 0.3) is 5.91 Å². The third-order valence-electron chi connectivity index (χ3n) is 5.05. The molecule has 154 valence electrons. The van der Waals surface area contributed by atoms with Crippen LogP contribution in [0.2, 0.25) is 0 Å². The summed E-state index contributed by atoms with van der Waals surface area (Å²) < 4.78 is 6.81. The van der Waals surface area contributed by atoms with E-state index in [1.54, 1.807) is 6.33 Å².